The number of anilines is 1. The van der Waals surface area contributed by atoms with Crippen LogP contribution in [0.3, 0.4) is 0 Å². The van der Waals surface area contributed by atoms with Gasteiger partial charge in [-0.3, -0.25) is 4.90 Å². The lowest BCUT2D eigenvalue weighted by atomic mass is 10.3. The Morgan fingerprint density at radius 2 is 2.00 bits per heavy atom. The predicted molar refractivity (Wildman–Crippen MR) is 80.5 cm³/mol. The molecule has 7 heteroatoms. The molecule has 2 aromatic heterocycles. The van der Waals surface area contributed by atoms with Crippen LogP contribution in [0.5, 0.6) is 0 Å². The van der Waals surface area contributed by atoms with Crippen LogP contribution in [-0.4, -0.2) is 51.2 Å². The molecule has 1 aliphatic heterocycles. The quantitative estimate of drug-likeness (QED) is 0.844. The van der Waals surface area contributed by atoms with Crippen LogP contribution in [-0.2, 0) is 6.54 Å². The Morgan fingerprint density at radius 3 is 2.68 bits per heavy atom. The Labute approximate surface area is 129 Å². The second-order valence-electron chi connectivity index (χ2n) is 6.05. The van der Waals surface area contributed by atoms with Crippen molar-refractivity contribution in [2.24, 2.45) is 0 Å². The first-order valence-electron chi connectivity index (χ1n) is 7.87. The first-order chi connectivity index (χ1) is 10.8. The van der Waals surface area contributed by atoms with Crippen molar-refractivity contribution in [3.05, 3.63) is 29.8 Å². The molecule has 2 aromatic rings. The van der Waals surface area contributed by atoms with E-state index >= 15 is 0 Å². The van der Waals surface area contributed by atoms with Gasteiger partial charge in [0.25, 0.3) is 0 Å². The van der Waals surface area contributed by atoms with E-state index in [1.54, 1.807) is 0 Å². The van der Waals surface area contributed by atoms with Crippen LogP contribution in [0.4, 0.5) is 5.82 Å². The van der Waals surface area contributed by atoms with Gasteiger partial charge in [0.15, 0.2) is 5.82 Å². The molecule has 2 aliphatic rings. The molecule has 0 spiro atoms. The van der Waals surface area contributed by atoms with E-state index in [1.165, 1.54) is 12.8 Å². The summed E-state index contributed by atoms with van der Waals surface area (Å²) in [6, 6.07) is 2.02. The van der Waals surface area contributed by atoms with E-state index in [0.717, 1.165) is 44.4 Å². The maximum Gasteiger partial charge on any atom is 0.240 e. The van der Waals surface area contributed by atoms with Gasteiger partial charge in [0.1, 0.15) is 11.6 Å². The zero-order chi connectivity index (χ0) is 14.9. The van der Waals surface area contributed by atoms with Crippen LogP contribution >= 0.6 is 0 Å². The Balaban J connectivity index is 1.36. The van der Waals surface area contributed by atoms with Gasteiger partial charge in [0.05, 0.1) is 6.54 Å². The lowest BCUT2D eigenvalue weighted by molar-refractivity contribution is 0.215. The normalized spacial score (nSPS) is 19.6. The third-order valence-corrected chi connectivity index (χ3v) is 4.23. The van der Waals surface area contributed by atoms with Gasteiger partial charge >= 0.3 is 0 Å². The van der Waals surface area contributed by atoms with Gasteiger partial charge in [-0.2, -0.15) is 4.98 Å². The molecule has 4 rings (SSSR count). The third-order valence-electron chi connectivity index (χ3n) is 4.23. The van der Waals surface area contributed by atoms with Gasteiger partial charge in [-0.15, -0.1) is 0 Å². The lowest BCUT2D eigenvalue weighted by Gasteiger charge is -2.34. The van der Waals surface area contributed by atoms with E-state index in [2.05, 4.69) is 24.9 Å². The molecular weight excluding hydrogens is 280 g/mol. The maximum absolute atomic E-state index is 5.19. The Hall–Kier alpha value is -2.02. The SMILES string of the molecule is Cc1noc(CN2CCN(c3ccnc(C4CC4)n3)CC2)n1. The van der Waals surface area contributed by atoms with Crippen LogP contribution < -0.4 is 4.90 Å². The molecule has 3 heterocycles. The van der Waals surface area contributed by atoms with Crippen molar-refractivity contribution in [2.45, 2.75) is 32.2 Å². The van der Waals surface area contributed by atoms with Gasteiger partial charge in [-0.25, -0.2) is 9.97 Å². The average molecular weight is 300 g/mol. The number of piperazine rings is 1. The Bertz CT molecular complexity index is 645. The summed E-state index contributed by atoms with van der Waals surface area (Å²) in [6.45, 7) is 6.46. The van der Waals surface area contributed by atoms with Gasteiger partial charge in [0, 0.05) is 38.3 Å². The van der Waals surface area contributed by atoms with Crippen LogP contribution in [0.1, 0.15) is 36.3 Å². The summed E-state index contributed by atoms with van der Waals surface area (Å²) in [5, 5.41) is 3.84. The van der Waals surface area contributed by atoms with E-state index in [1.807, 2.05) is 19.2 Å². The van der Waals surface area contributed by atoms with Crippen molar-refractivity contribution in [1.29, 1.82) is 0 Å². The number of nitrogens with zero attached hydrogens (tertiary/aromatic N) is 6. The number of aryl methyl sites for hydroxylation is 1. The predicted octanol–water partition coefficient (Wildman–Crippen LogP) is 1.37. The molecule has 0 unspecified atom stereocenters. The van der Waals surface area contributed by atoms with Gasteiger partial charge in [-0.05, 0) is 25.8 Å². The van der Waals surface area contributed by atoms with Crippen molar-refractivity contribution in [3.63, 3.8) is 0 Å². The molecular formula is C15H20N6O. The van der Waals surface area contributed by atoms with Crippen molar-refractivity contribution in [1.82, 2.24) is 25.0 Å². The molecule has 1 saturated carbocycles. The minimum absolute atomic E-state index is 0.599. The average Bonchev–Trinajstić information content (AvgIpc) is 3.32. The standard InChI is InChI=1S/C15H20N6O/c1-11-17-14(22-19-11)10-20-6-8-21(9-7-20)13-4-5-16-15(18-13)12-2-3-12/h4-5,12H,2-3,6-10H2,1H3. The largest absolute Gasteiger partial charge is 0.354 e. The monoisotopic (exact) mass is 300 g/mol. The molecule has 7 nitrogen and oxygen atoms in total. The second-order valence-corrected chi connectivity index (χ2v) is 6.05. The second kappa shape index (κ2) is 5.64. The minimum Gasteiger partial charge on any atom is -0.354 e. The highest BCUT2D eigenvalue weighted by atomic mass is 16.5. The molecule has 0 atom stereocenters. The number of rotatable bonds is 4. The topological polar surface area (TPSA) is 71.2 Å². The highest BCUT2D eigenvalue weighted by Crippen LogP contribution is 2.38. The molecule has 0 aromatic carbocycles. The Kier molecular flexibility index (Phi) is 3.49. The summed E-state index contributed by atoms with van der Waals surface area (Å²) in [7, 11) is 0. The smallest absolute Gasteiger partial charge is 0.240 e. The van der Waals surface area contributed by atoms with E-state index in [0.29, 0.717) is 17.6 Å². The third kappa shape index (κ3) is 2.94. The van der Waals surface area contributed by atoms with E-state index in [4.69, 9.17) is 9.51 Å². The molecule has 0 N–H and O–H groups in total. The van der Waals surface area contributed by atoms with E-state index in [-0.39, 0.29) is 0 Å². The zero-order valence-electron chi connectivity index (χ0n) is 12.8. The highest BCUT2D eigenvalue weighted by Gasteiger charge is 2.27. The zero-order valence-corrected chi connectivity index (χ0v) is 12.8. The first-order valence-corrected chi connectivity index (χ1v) is 7.87. The van der Waals surface area contributed by atoms with Crippen molar-refractivity contribution in [2.75, 3.05) is 31.1 Å². The van der Waals surface area contributed by atoms with Crippen molar-refractivity contribution in [3.8, 4) is 0 Å². The van der Waals surface area contributed by atoms with Crippen LogP contribution in [0.25, 0.3) is 0 Å². The van der Waals surface area contributed by atoms with Crippen LogP contribution in [0.15, 0.2) is 16.8 Å². The number of aromatic nitrogens is 4. The number of hydrogen-bond acceptors (Lipinski definition) is 7. The minimum atomic E-state index is 0.599. The molecule has 0 radical (unpaired) electrons. The summed E-state index contributed by atoms with van der Waals surface area (Å²) >= 11 is 0. The van der Waals surface area contributed by atoms with Gasteiger partial charge in [0.2, 0.25) is 5.89 Å². The summed E-state index contributed by atoms with van der Waals surface area (Å²) in [4.78, 5) is 18.1. The molecule has 22 heavy (non-hydrogen) atoms. The molecule has 1 aliphatic carbocycles. The molecule has 0 amide bonds. The van der Waals surface area contributed by atoms with E-state index < -0.39 is 0 Å². The van der Waals surface area contributed by atoms with Crippen LogP contribution in [0, 0.1) is 6.92 Å². The van der Waals surface area contributed by atoms with Crippen molar-refractivity contribution < 1.29 is 4.52 Å². The fourth-order valence-electron chi connectivity index (χ4n) is 2.81. The molecule has 2 fully saturated rings. The number of hydrogen-bond donors (Lipinski definition) is 0. The fraction of sp³-hybridized carbons (Fsp3) is 0.600. The lowest BCUT2D eigenvalue weighted by Crippen LogP contribution is -2.46. The summed E-state index contributed by atoms with van der Waals surface area (Å²) in [5.74, 6) is 4.07. The molecule has 0 bridgehead atoms. The van der Waals surface area contributed by atoms with E-state index in [9.17, 15) is 0 Å². The van der Waals surface area contributed by atoms with Gasteiger partial charge < -0.3 is 9.42 Å². The molecule has 116 valence electrons. The van der Waals surface area contributed by atoms with Crippen molar-refractivity contribution >= 4 is 5.82 Å². The summed E-state index contributed by atoms with van der Waals surface area (Å²) < 4.78 is 5.19. The molecule has 1 saturated heterocycles. The van der Waals surface area contributed by atoms with Gasteiger partial charge in [-0.1, -0.05) is 5.16 Å². The Morgan fingerprint density at radius 1 is 1.18 bits per heavy atom. The first kappa shape index (κ1) is 13.6. The fourth-order valence-corrected chi connectivity index (χ4v) is 2.81. The highest BCUT2D eigenvalue weighted by molar-refractivity contribution is 5.38. The maximum atomic E-state index is 5.19. The van der Waals surface area contributed by atoms with Crippen LogP contribution in [0.2, 0.25) is 0 Å². The summed E-state index contributed by atoms with van der Waals surface area (Å²) in [6.07, 6.45) is 4.37. The summed E-state index contributed by atoms with van der Waals surface area (Å²) in [5.41, 5.74) is 0.